The minimum absolute atomic E-state index is 0.0148. The highest BCUT2D eigenvalue weighted by Gasteiger charge is 2.38. The molecule has 18 heavy (non-hydrogen) atoms. The molecule has 1 heterocycles. The molecule has 1 aromatic rings. The number of amides is 1. The fourth-order valence-corrected chi connectivity index (χ4v) is 2.96. The van der Waals surface area contributed by atoms with Crippen LogP contribution in [0.25, 0.3) is 0 Å². The molecule has 0 aromatic heterocycles. The number of hydrogen-bond acceptors (Lipinski definition) is 2. The number of halogens is 1. The van der Waals surface area contributed by atoms with Crippen molar-refractivity contribution >= 4 is 17.5 Å². The van der Waals surface area contributed by atoms with Gasteiger partial charge in [-0.25, -0.2) is 0 Å². The van der Waals surface area contributed by atoms with E-state index in [4.69, 9.17) is 11.6 Å². The lowest BCUT2D eigenvalue weighted by atomic mass is 10.1. The van der Waals surface area contributed by atoms with E-state index >= 15 is 0 Å². The normalized spacial score (nSPS) is 28.3. The lowest BCUT2D eigenvalue weighted by Gasteiger charge is -2.24. The predicted molar refractivity (Wildman–Crippen MR) is 73.6 cm³/mol. The fourth-order valence-electron chi connectivity index (χ4n) is 2.51. The first kappa shape index (κ1) is 13.4. The summed E-state index contributed by atoms with van der Waals surface area (Å²) in [6.07, 6.45) is 0. The minimum Gasteiger partial charge on any atom is -0.351 e. The lowest BCUT2D eigenvalue weighted by Crippen LogP contribution is -2.45. The van der Waals surface area contributed by atoms with E-state index in [-0.39, 0.29) is 23.4 Å². The number of likely N-dealkylation sites (tertiary alicyclic amines) is 1. The number of rotatable bonds is 3. The van der Waals surface area contributed by atoms with Crippen molar-refractivity contribution in [3.05, 3.63) is 35.9 Å². The Balaban J connectivity index is 2.01. The molecule has 0 saturated carbocycles. The number of nitrogens with one attached hydrogen (secondary N) is 1. The minimum atomic E-state index is -0.0207. The van der Waals surface area contributed by atoms with Crippen molar-refractivity contribution in [2.75, 3.05) is 6.54 Å². The Morgan fingerprint density at radius 1 is 1.44 bits per heavy atom. The average Bonchev–Trinajstić information content (AvgIpc) is 2.58. The third kappa shape index (κ3) is 3.03. The summed E-state index contributed by atoms with van der Waals surface area (Å²) >= 11 is 6.32. The molecule has 1 aromatic carbocycles. The molecule has 2 rings (SSSR count). The zero-order chi connectivity index (χ0) is 13.1. The van der Waals surface area contributed by atoms with Gasteiger partial charge in [0.25, 0.3) is 0 Å². The fraction of sp³-hybridized carbons (Fsp3) is 0.500. The van der Waals surface area contributed by atoms with Crippen molar-refractivity contribution in [3.8, 4) is 0 Å². The van der Waals surface area contributed by atoms with E-state index in [0.717, 1.165) is 13.1 Å². The molecule has 1 aliphatic rings. The summed E-state index contributed by atoms with van der Waals surface area (Å²) in [5.74, 6) is -0.0148. The second-order valence-corrected chi connectivity index (χ2v) is 5.46. The molecule has 1 saturated heterocycles. The Morgan fingerprint density at radius 2 is 2.11 bits per heavy atom. The van der Waals surface area contributed by atoms with Gasteiger partial charge in [0, 0.05) is 26.1 Å². The summed E-state index contributed by atoms with van der Waals surface area (Å²) in [6.45, 7) is 5.34. The van der Waals surface area contributed by atoms with Gasteiger partial charge in [-0.15, -0.1) is 11.6 Å². The second kappa shape index (κ2) is 5.72. The van der Waals surface area contributed by atoms with Gasteiger partial charge in [-0.2, -0.15) is 0 Å². The van der Waals surface area contributed by atoms with E-state index in [9.17, 15) is 4.79 Å². The molecule has 0 aliphatic carbocycles. The molecule has 1 N–H and O–H groups in total. The van der Waals surface area contributed by atoms with Gasteiger partial charge in [-0.1, -0.05) is 30.3 Å². The lowest BCUT2D eigenvalue weighted by molar-refractivity contribution is -0.119. The van der Waals surface area contributed by atoms with E-state index in [2.05, 4.69) is 29.3 Å². The van der Waals surface area contributed by atoms with Crippen molar-refractivity contribution in [3.63, 3.8) is 0 Å². The van der Waals surface area contributed by atoms with Crippen LogP contribution in [0.3, 0.4) is 0 Å². The Hall–Kier alpha value is -1.06. The van der Waals surface area contributed by atoms with Gasteiger partial charge in [-0.05, 0) is 12.5 Å². The predicted octanol–water partition coefficient (Wildman–Crippen LogP) is 2.00. The van der Waals surface area contributed by atoms with Crippen LogP contribution in [0.1, 0.15) is 19.4 Å². The van der Waals surface area contributed by atoms with E-state index in [0.29, 0.717) is 0 Å². The molecule has 1 aliphatic heterocycles. The molecule has 3 atom stereocenters. The number of benzene rings is 1. The topological polar surface area (TPSA) is 32.3 Å². The van der Waals surface area contributed by atoms with Crippen LogP contribution >= 0.6 is 11.6 Å². The summed E-state index contributed by atoms with van der Waals surface area (Å²) in [6, 6.07) is 10.6. The van der Waals surface area contributed by atoms with Crippen molar-refractivity contribution in [1.82, 2.24) is 10.2 Å². The van der Waals surface area contributed by atoms with Crippen LogP contribution < -0.4 is 5.32 Å². The Kier molecular flexibility index (Phi) is 4.25. The SMILES string of the molecule is CC(=O)NC1C(Cl)CN(Cc2ccccc2)C1C. The summed E-state index contributed by atoms with van der Waals surface area (Å²) in [7, 11) is 0. The molecule has 3 nitrogen and oxygen atoms in total. The molecular weight excluding hydrogens is 248 g/mol. The highest BCUT2D eigenvalue weighted by molar-refractivity contribution is 6.21. The number of carbonyl (C=O) groups is 1. The average molecular weight is 267 g/mol. The van der Waals surface area contributed by atoms with Gasteiger partial charge in [0.05, 0.1) is 11.4 Å². The monoisotopic (exact) mass is 266 g/mol. The molecule has 0 radical (unpaired) electrons. The van der Waals surface area contributed by atoms with Crippen molar-refractivity contribution < 1.29 is 4.79 Å². The van der Waals surface area contributed by atoms with Crippen LogP contribution in [-0.4, -0.2) is 34.8 Å². The zero-order valence-corrected chi connectivity index (χ0v) is 11.5. The summed E-state index contributed by atoms with van der Waals surface area (Å²) < 4.78 is 0. The van der Waals surface area contributed by atoms with Crippen LogP contribution in [0, 0.1) is 0 Å². The first-order valence-electron chi connectivity index (χ1n) is 6.27. The molecule has 0 spiro atoms. The number of carbonyl (C=O) groups excluding carboxylic acids is 1. The molecule has 0 bridgehead atoms. The summed E-state index contributed by atoms with van der Waals surface area (Å²) in [4.78, 5) is 13.5. The molecule has 3 unspecified atom stereocenters. The van der Waals surface area contributed by atoms with Crippen molar-refractivity contribution in [2.24, 2.45) is 0 Å². The Morgan fingerprint density at radius 3 is 2.72 bits per heavy atom. The first-order chi connectivity index (χ1) is 8.58. The van der Waals surface area contributed by atoms with Gasteiger partial charge in [-0.3, -0.25) is 9.69 Å². The third-order valence-electron chi connectivity index (χ3n) is 3.49. The largest absolute Gasteiger partial charge is 0.351 e. The Labute approximate surface area is 113 Å². The standard InChI is InChI=1S/C14H19ClN2O/c1-10-14(16-11(2)18)13(15)9-17(10)8-12-6-4-3-5-7-12/h3-7,10,13-14H,8-9H2,1-2H3,(H,16,18). The van der Waals surface area contributed by atoms with E-state index in [1.807, 2.05) is 18.2 Å². The third-order valence-corrected chi connectivity index (χ3v) is 3.90. The van der Waals surface area contributed by atoms with Crippen LogP contribution in [0.15, 0.2) is 30.3 Å². The van der Waals surface area contributed by atoms with Crippen LogP contribution in [0.5, 0.6) is 0 Å². The highest BCUT2D eigenvalue weighted by atomic mass is 35.5. The van der Waals surface area contributed by atoms with E-state index < -0.39 is 0 Å². The van der Waals surface area contributed by atoms with Crippen LogP contribution in [0.2, 0.25) is 0 Å². The maximum Gasteiger partial charge on any atom is 0.217 e. The van der Waals surface area contributed by atoms with E-state index in [1.165, 1.54) is 12.5 Å². The van der Waals surface area contributed by atoms with Gasteiger partial charge in [0.15, 0.2) is 0 Å². The summed E-state index contributed by atoms with van der Waals surface area (Å²) in [5.41, 5.74) is 1.27. The second-order valence-electron chi connectivity index (χ2n) is 4.90. The van der Waals surface area contributed by atoms with E-state index in [1.54, 1.807) is 0 Å². The number of nitrogens with zero attached hydrogens (tertiary/aromatic N) is 1. The molecule has 98 valence electrons. The first-order valence-corrected chi connectivity index (χ1v) is 6.70. The molecular formula is C14H19ClN2O. The smallest absolute Gasteiger partial charge is 0.217 e. The molecule has 4 heteroatoms. The van der Waals surface area contributed by atoms with Gasteiger partial charge < -0.3 is 5.32 Å². The number of hydrogen-bond donors (Lipinski definition) is 1. The zero-order valence-electron chi connectivity index (χ0n) is 10.8. The number of alkyl halides is 1. The van der Waals surface area contributed by atoms with Gasteiger partial charge in [0.2, 0.25) is 5.91 Å². The van der Waals surface area contributed by atoms with Crippen molar-refractivity contribution in [1.29, 1.82) is 0 Å². The van der Waals surface area contributed by atoms with Crippen LogP contribution in [0.4, 0.5) is 0 Å². The maximum absolute atomic E-state index is 11.2. The maximum atomic E-state index is 11.2. The van der Waals surface area contributed by atoms with Gasteiger partial charge in [0.1, 0.15) is 0 Å². The highest BCUT2D eigenvalue weighted by Crippen LogP contribution is 2.24. The summed E-state index contributed by atoms with van der Waals surface area (Å²) in [5, 5.41) is 2.92. The molecule has 1 fully saturated rings. The van der Waals surface area contributed by atoms with Crippen molar-refractivity contribution in [2.45, 2.75) is 37.9 Å². The Bertz CT molecular complexity index is 410. The molecule has 1 amide bonds. The quantitative estimate of drug-likeness (QED) is 0.849. The van der Waals surface area contributed by atoms with Crippen LogP contribution in [-0.2, 0) is 11.3 Å². The van der Waals surface area contributed by atoms with Gasteiger partial charge >= 0.3 is 0 Å².